The van der Waals surface area contributed by atoms with Crippen molar-refractivity contribution in [2.75, 3.05) is 18.4 Å². The molecule has 1 heterocycles. The van der Waals surface area contributed by atoms with E-state index in [0.717, 1.165) is 30.8 Å². The highest BCUT2D eigenvalue weighted by Gasteiger charge is 2.22. The largest absolute Gasteiger partial charge is 0.374 e. The topological polar surface area (TPSA) is 50.4 Å². The van der Waals surface area contributed by atoms with Gasteiger partial charge in [0.2, 0.25) is 5.91 Å². The zero-order valence-corrected chi connectivity index (χ0v) is 13.1. The number of amides is 1. The molecule has 2 fully saturated rings. The minimum absolute atomic E-state index is 0.0992. The Labute approximate surface area is 132 Å². The highest BCUT2D eigenvalue weighted by molar-refractivity contribution is 5.92. The molecule has 0 radical (unpaired) electrons. The van der Waals surface area contributed by atoms with Crippen molar-refractivity contribution in [1.82, 2.24) is 5.32 Å². The van der Waals surface area contributed by atoms with Gasteiger partial charge in [-0.05, 0) is 43.5 Å². The lowest BCUT2D eigenvalue weighted by atomic mass is 9.98. The summed E-state index contributed by atoms with van der Waals surface area (Å²) in [5.41, 5.74) is 2.01. The van der Waals surface area contributed by atoms with Gasteiger partial charge in [-0.3, -0.25) is 4.79 Å². The molecule has 120 valence electrons. The molecule has 0 aromatic heterocycles. The summed E-state index contributed by atoms with van der Waals surface area (Å²) >= 11 is 0. The maximum absolute atomic E-state index is 12.1. The van der Waals surface area contributed by atoms with Gasteiger partial charge in [-0.15, -0.1) is 0 Å². The van der Waals surface area contributed by atoms with Crippen LogP contribution in [0.5, 0.6) is 0 Å². The molecule has 0 bridgehead atoms. The average Bonchev–Trinajstić information content (AvgIpc) is 3.09. The molecule has 2 aliphatic rings. The number of nitrogens with one attached hydrogen (secondary N) is 2. The van der Waals surface area contributed by atoms with E-state index in [-0.39, 0.29) is 11.8 Å². The molecule has 22 heavy (non-hydrogen) atoms. The Bertz CT molecular complexity index is 492. The Hall–Kier alpha value is -1.39. The number of rotatable bonds is 5. The van der Waals surface area contributed by atoms with Gasteiger partial charge in [0, 0.05) is 12.2 Å². The fraction of sp³-hybridized carbons (Fsp3) is 0.611. The molecule has 4 nitrogen and oxygen atoms in total. The Morgan fingerprint density at radius 2 is 2.09 bits per heavy atom. The predicted molar refractivity (Wildman–Crippen MR) is 87.7 cm³/mol. The predicted octanol–water partition coefficient (Wildman–Crippen LogP) is 3.08. The van der Waals surface area contributed by atoms with Gasteiger partial charge in [0.05, 0.1) is 18.6 Å². The summed E-state index contributed by atoms with van der Waals surface area (Å²) in [5.74, 6) is 0.220. The molecule has 2 N–H and O–H groups in total. The molecule has 1 aromatic carbocycles. The summed E-state index contributed by atoms with van der Waals surface area (Å²) in [5, 5.41) is 6.25. The van der Waals surface area contributed by atoms with Crippen molar-refractivity contribution in [2.45, 2.75) is 51.2 Å². The first-order valence-electron chi connectivity index (χ1n) is 8.53. The number of carbonyl (C=O) groups is 1. The van der Waals surface area contributed by atoms with Gasteiger partial charge in [-0.2, -0.15) is 0 Å². The molecule has 1 amide bonds. The molecule has 1 aliphatic heterocycles. The fourth-order valence-electron chi connectivity index (χ4n) is 3.31. The van der Waals surface area contributed by atoms with Gasteiger partial charge in [0.15, 0.2) is 0 Å². The van der Waals surface area contributed by atoms with Crippen LogP contribution < -0.4 is 10.6 Å². The van der Waals surface area contributed by atoms with Gasteiger partial charge in [-0.25, -0.2) is 0 Å². The molecule has 3 rings (SSSR count). The Morgan fingerprint density at radius 3 is 2.86 bits per heavy atom. The van der Waals surface area contributed by atoms with E-state index < -0.39 is 0 Å². The van der Waals surface area contributed by atoms with Crippen molar-refractivity contribution in [3.05, 3.63) is 29.8 Å². The first-order chi connectivity index (χ1) is 10.8. The van der Waals surface area contributed by atoms with Crippen LogP contribution in [-0.2, 0) is 16.1 Å². The zero-order valence-electron chi connectivity index (χ0n) is 13.1. The van der Waals surface area contributed by atoms with E-state index in [0.29, 0.717) is 12.7 Å². The number of benzene rings is 1. The van der Waals surface area contributed by atoms with E-state index in [1.165, 1.54) is 32.1 Å². The number of anilines is 1. The van der Waals surface area contributed by atoms with Crippen LogP contribution in [0.2, 0.25) is 0 Å². The minimum Gasteiger partial charge on any atom is -0.374 e. The SMILES string of the molecule is O=C(Nc1cccc(COC2CCCCC2)c1)C1CCNC1. The summed E-state index contributed by atoms with van der Waals surface area (Å²) in [4.78, 5) is 12.1. The van der Waals surface area contributed by atoms with Crippen molar-refractivity contribution in [1.29, 1.82) is 0 Å². The van der Waals surface area contributed by atoms with E-state index >= 15 is 0 Å². The van der Waals surface area contributed by atoms with E-state index in [9.17, 15) is 4.79 Å². The molecule has 1 atom stereocenters. The van der Waals surface area contributed by atoms with Crippen LogP contribution in [0.4, 0.5) is 5.69 Å². The van der Waals surface area contributed by atoms with Gasteiger partial charge >= 0.3 is 0 Å². The van der Waals surface area contributed by atoms with Crippen molar-refractivity contribution in [3.8, 4) is 0 Å². The smallest absolute Gasteiger partial charge is 0.228 e. The van der Waals surface area contributed by atoms with Crippen molar-refractivity contribution in [3.63, 3.8) is 0 Å². The molecular formula is C18H26N2O2. The van der Waals surface area contributed by atoms with Gasteiger partial charge in [0.1, 0.15) is 0 Å². The van der Waals surface area contributed by atoms with Crippen LogP contribution in [0, 0.1) is 5.92 Å². The lowest BCUT2D eigenvalue weighted by molar-refractivity contribution is -0.119. The molecule has 1 aliphatic carbocycles. The second-order valence-electron chi connectivity index (χ2n) is 6.45. The lowest BCUT2D eigenvalue weighted by Crippen LogP contribution is -2.24. The van der Waals surface area contributed by atoms with E-state index in [2.05, 4.69) is 16.7 Å². The second-order valence-corrected chi connectivity index (χ2v) is 6.45. The Morgan fingerprint density at radius 1 is 1.23 bits per heavy atom. The van der Waals surface area contributed by atoms with Crippen molar-refractivity contribution < 1.29 is 9.53 Å². The highest BCUT2D eigenvalue weighted by Crippen LogP contribution is 2.22. The average molecular weight is 302 g/mol. The van der Waals surface area contributed by atoms with E-state index in [1.54, 1.807) is 0 Å². The van der Waals surface area contributed by atoms with Crippen LogP contribution in [0.3, 0.4) is 0 Å². The first-order valence-corrected chi connectivity index (χ1v) is 8.53. The van der Waals surface area contributed by atoms with Gasteiger partial charge in [0.25, 0.3) is 0 Å². The van der Waals surface area contributed by atoms with Crippen LogP contribution in [0.15, 0.2) is 24.3 Å². The van der Waals surface area contributed by atoms with Crippen LogP contribution in [-0.4, -0.2) is 25.1 Å². The van der Waals surface area contributed by atoms with Crippen LogP contribution >= 0.6 is 0 Å². The minimum atomic E-state index is 0.0992. The molecule has 0 spiro atoms. The Kier molecular flexibility index (Phi) is 5.46. The molecule has 1 unspecified atom stereocenters. The number of hydrogen-bond donors (Lipinski definition) is 2. The number of carbonyl (C=O) groups excluding carboxylic acids is 1. The summed E-state index contributed by atoms with van der Waals surface area (Å²) < 4.78 is 6.01. The van der Waals surface area contributed by atoms with Gasteiger partial charge in [-0.1, -0.05) is 31.4 Å². The van der Waals surface area contributed by atoms with Crippen LogP contribution in [0.1, 0.15) is 44.1 Å². The summed E-state index contributed by atoms with van der Waals surface area (Å²) in [6, 6.07) is 8.03. The van der Waals surface area contributed by atoms with Crippen LogP contribution in [0.25, 0.3) is 0 Å². The van der Waals surface area contributed by atoms with E-state index in [4.69, 9.17) is 4.74 Å². The molecule has 4 heteroatoms. The fourth-order valence-corrected chi connectivity index (χ4v) is 3.31. The molecular weight excluding hydrogens is 276 g/mol. The Balaban J connectivity index is 1.51. The second kappa shape index (κ2) is 7.75. The maximum atomic E-state index is 12.1. The summed E-state index contributed by atoms with van der Waals surface area (Å²) in [7, 11) is 0. The highest BCUT2D eigenvalue weighted by atomic mass is 16.5. The molecule has 1 aromatic rings. The van der Waals surface area contributed by atoms with Gasteiger partial charge < -0.3 is 15.4 Å². The maximum Gasteiger partial charge on any atom is 0.228 e. The number of ether oxygens (including phenoxy) is 1. The third-order valence-corrected chi connectivity index (χ3v) is 4.66. The van der Waals surface area contributed by atoms with E-state index in [1.807, 2.05) is 18.2 Å². The van der Waals surface area contributed by atoms with Crippen molar-refractivity contribution in [2.24, 2.45) is 5.92 Å². The number of hydrogen-bond acceptors (Lipinski definition) is 3. The van der Waals surface area contributed by atoms with Crippen molar-refractivity contribution >= 4 is 11.6 Å². The summed E-state index contributed by atoms with van der Waals surface area (Å²) in [6.45, 7) is 2.36. The summed E-state index contributed by atoms with van der Waals surface area (Å²) in [6.07, 6.45) is 7.63. The zero-order chi connectivity index (χ0) is 15.2. The first kappa shape index (κ1) is 15.5. The molecule has 1 saturated carbocycles. The normalized spacial score (nSPS) is 22.6. The standard InChI is InChI=1S/C18H26N2O2/c21-18(15-9-10-19-12-15)20-16-6-4-5-14(11-16)13-22-17-7-2-1-3-8-17/h4-6,11,15,17,19H,1-3,7-10,12-13H2,(H,20,21). The third kappa shape index (κ3) is 4.31. The lowest BCUT2D eigenvalue weighted by Gasteiger charge is -2.22. The monoisotopic (exact) mass is 302 g/mol. The molecule has 1 saturated heterocycles. The quantitative estimate of drug-likeness (QED) is 0.879. The third-order valence-electron chi connectivity index (χ3n) is 4.66.